The Hall–Kier alpha value is -2.07. The molecule has 2 aromatic heterocycles. The minimum atomic E-state index is 0.108. The normalized spacial score (nSPS) is 12.9. The molecule has 0 radical (unpaired) electrons. The van der Waals surface area contributed by atoms with Gasteiger partial charge in [-0.25, -0.2) is 4.98 Å². The van der Waals surface area contributed by atoms with E-state index in [9.17, 15) is 0 Å². The van der Waals surface area contributed by atoms with E-state index < -0.39 is 0 Å². The van der Waals surface area contributed by atoms with Crippen LogP contribution in [0.3, 0.4) is 0 Å². The van der Waals surface area contributed by atoms with Crippen molar-refractivity contribution in [2.45, 2.75) is 19.9 Å². The van der Waals surface area contributed by atoms with Crippen molar-refractivity contribution < 1.29 is 8.83 Å². The van der Waals surface area contributed by atoms with E-state index in [1.54, 1.807) is 12.5 Å². The molecule has 0 amide bonds. The average molecular weight is 256 g/mol. The minimum Gasteiger partial charge on any atom is -0.464 e. The Morgan fingerprint density at radius 1 is 1.32 bits per heavy atom. The number of rotatable bonds is 4. The van der Waals surface area contributed by atoms with Crippen LogP contribution < -0.4 is 5.32 Å². The quantitative estimate of drug-likeness (QED) is 0.772. The fourth-order valence-electron chi connectivity index (χ4n) is 2.17. The molecular formula is C15H16N2O2. The van der Waals surface area contributed by atoms with Crippen molar-refractivity contribution in [3.05, 3.63) is 42.6 Å². The SMILES string of the molecule is CCNC(C)c1ncc(-c2coc3ccccc23)o1. The highest BCUT2D eigenvalue weighted by atomic mass is 16.4. The first-order valence-electron chi connectivity index (χ1n) is 6.45. The predicted molar refractivity (Wildman–Crippen MR) is 73.8 cm³/mol. The van der Waals surface area contributed by atoms with Crippen LogP contribution in [0.2, 0.25) is 0 Å². The molecule has 0 aliphatic carbocycles. The number of fused-ring (bicyclic) bond motifs is 1. The third-order valence-corrected chi connectivity index (χ3v) is 3.15. The Balaban J connectivity index is 1.98. The van der Waals surface area contributed by atoms with E-state index in [1.807, 2.05) is 31.2 Å². The van der Waals surface area contributed by atoms with E-state index in [0.29, 0.717) is 5.89 Å². The van der Waals surface area contributed by atoms with Gasteiger partial charge in [-0.3, -0.25) is 0 Å². The molecule has 0 bridgehead atoms. The largest absolute Gasteiger partial charge is 0.464 e. The van der Waals surface area contributed by atoms with Crippen molar-refractivity contribution in [1.29, 1.82) is 0 Å². The van der Waals surface area contributed by atoms with Gasteiger partial charge >= 0.3 is 0 Å². The lowest BCUT2D eigenvalue weighted by atomic mass is 10.1. The third-order valence-electron chi connectivity index (χ3n) is 3.15. The molecule has 3 rings (SSSR count). The maximum absolute atomic E-state index is 5.82. The summed E-state index contributed by atoms with van der Waals surface area (Å²) in [6.07, 6.45) is 3.47. The zero-order valence-electron chi connectivity index (χ0n) is 11.0. The maximum atomic E-state index is 5.82. The second-order valence-corrected chi connectivity index (χ2v) is 4.49. The zero-order chi connectivity index (χ0) is 13.2. The highest BCUT2D eigenvalue weighted by Crippen LogP contribution is 2.31. The number of nitrogens with one attached hydrogen (secondary N) is 1. The fraction of sp³-hybridized carbons (Fsp3) is 0.267. The second kappa shape index (κ2) is 4.90. The van der Waals surface area contributed by atoms with E-state index in [-0.39, 0.29) is 6.04 Å². The molecule has 1 atom stereocenters. The number of oxazole rings is 1. The molecule has 98 valence electrons. The molecule has 3 aromatic rings. The van der Waals surface area contributed by atoms with E-state index in [0.717, 1.165) is 28.8 Å². The summed E-state index contributed by atoms with van der Waals surface area (Å²) >= 11 is 0. The molecular weight excluding hydrogens is 240 g/mol. The lowest BCUT2D eigenvalue weighted by Crippen LogP contribution is -2.17. The highest BCUT2D eigenvalue weighted by molar-refractivity contribution is 5.92. The van der Waals surface area contributed by atoms with Crippen LogP contribution in [-0.4, -0.2) is 11.5 Å². The molecule has 0 fully saturated rings. The summed E-state index contributed by atoms with van der Waals surface area (Å²) in [4.78, 5) is 4.33. The highest BCUT2D eigenvalue weighted by Gasteiger charge is 2.15. The minimum absolute atomic E-state index is 0.108. The number of furan rings is 1. The maximum Gasteiger partial charge on any atom is 0.211 e. The van der Waals surface area contributed by atoms with Gasteiger partial charge in [0.15, 0.2) is 5.76 Å². The lowest BCUT2D eigenvalue weighted by molar-refractivity contribution is 0.428. The summed E-state index contributed by atoms with van der Waals surface area (Å²) in [6.45, 7) is 4.98. The van der Waals surface area contributed by atoms with Gasteiger partial charge in [-0.1, -0.05) is 25.1 Å². The smallest absolute Gasteiger partial charge is 0.211 e. The first-order valence-corrected chi connectivity index (χ1v) is 6.45. The summed E-state index contributed by atoms with van der Waals surface area (Å²) in [7, 11) is 0. The Morgan fingerprint density at radius 2 is 2.16 bits per heavy atom. The monoisotopic (exact) mass is 256 g/mol. The van der Waals surface area contributed by atoms with Crippen molar-refractivity contribution >= 4 is 11.0 Å². The van der Waals surface area contributed by atoms with Gasteiger partial charge in [0.05, 0.1) is 17.8 Å². The lowest BCUT2D eigenvalue weighted by Gasteiger charge is -2.06. The predicted octanol–water partition coefficient (Wildman–Crippen LogP) is 3.76. The molecule has 0 saturated carbocycles. The number of nitrogens with zero attached hydrogens (tertiary/aromatic N) is 1. The fourth-order valence-corrected chi connectivity index (χ4v) is 2.17. The molecule has 0 spiro atoms. The number of aromatic nitrogens is 1. The van der Waals surface area contributed by atoms with Crippen LogP contribution in [0.4, 0.5) is 0 Å². The van der Waals surface area contributed by atoms with Crippen LogP contribution in [0, 0.1) is 0 Å². The number of para-hydroxylation sites is 1. The van der Waals surface area contributed by atoms with Crippen LogP contribution in [0.5, 0.6) is 0 Å². The van der Waals surface area contributed by atoms with Crippen molar-refractivity contribution in [2.24, 2.45) is 0 Å². The van der Waals surface area contributed by atoms with Gasteiger partial charge in [0.2, 0.25) is 5.89 Å². The Bertz CT molecular complexity index is 684. The Kier molecular flexibility index (Phi) is 3.09. The summed E-state index contributed by atoms with van der Waals surface area (Å²) < 4.78 is 11.3. The first-order chi connectivity index (χ1) is 9.29. The molecule has 2 heterocycles. The van der Waals surface area contributed by atoms with Crippen LogP contribution in [0.1, 0.15) is 25.8 Å². The van der Waals surface area contributed by atoms with E-state index >= 15 is 0 Å². The summed E-state index contributed by atoms with van der Waals surface area (Å²) in [5.41, 5.74) is 1.80. The average Bonchev–Trinajstić information content (AvgIpc) is 3.05. The third kappa shape index (κ3) is 2.15. The van der Waals surface area contributed by atoms with Crippen molar-refractivity contribution in [3.8, 4) is 11.3 Å². The molecule has 0 aliphatic heterocycles. The number of benzene rings is 1. The second-order valence-electron chi connectivity index (χ2n) is 4.49. The van der Waals surface area contributed by atoms with E-state index in [2.05, 4.69) is 17.2 Å². The van der Waals surface area contributed by atoms with Gasteiger partial charge in [0.1, 0.15) is 11.8 Å². The number of hydrogen-bond donors (Lipinski definition) is 1. The van der Waals surface area contributed by atoms with Crippen LogP contribution in [0.25, 0.3) is 22.3 Å². The molecule has 0 saturated heterocycles. The zero-order valence-corrected chi connectivity index (χ0v) is 11.0. The molecule has 1 unspecified atom stereocenters. The molecule has 19 heavy (non-hydrogen) atoms. The standard InChI is InChI=1S/C15H16N2O2/c1-3-16-10(2)15-17-8-14(19-15)12-9-18-13-7-5-4-6-11(12)13/h4-10,16H,3H2,1-2H3. The Labute approximate surface area is 111 Å². The molecule has 1 aromatic carbocycles. The van der Waals surface area contributed by atoms with E-state index in [1.165, 1.54) is 0 Å². The van der Waals surface area contributed by atoms with Gasteiger partial charge in [0.25, 0.3) is 0 Å². The Morgan fingerprint density at radius 3 is 3.00 bits per heavy atom. The van der Waals surface area contributed by atoms with Crippen LogP contribution in [0.15, 0.2) is 45.6 Å². The topological polar surface area (TPSA) is 51.2 Å². The summed E-state index contributed by atoms with van der Waals surface area (Å²) in [6, 6.07) is 8.01. The van der Waals surface area contributed by atoms with Gasteiger partial charge in [-0.05, 0) is 19.5 Å². The number of hydrogen-bond acceptors (Lipinski definition) is 4. The summed E-state index contributed by atoms with van der Waals surface area (Å²) in [5, 5.41) is 4.32. The van der Waals surface area contributed by atoms with Gasteiger partial charge < -0.3 is 14.2 Å². The molecule has 4 nitrogen and oxygen atoms in total. The van der Waals surface area contributed by atoms with Gasteiger partial charge in [-0.2, -0.15) is 0 Å². The van der Waals surface area contributed by atoms with Gasteiger partial charge in [-0.15, -0.1) is 0 Å². The molecule has 4 heteroatoms. The first kappa shape index (κ1) is 12.0. The summed E-state index contributed by atoms with van der Waals surface area (Å²) in [5.74, 6) is 1.44. The van der Waals surface area contributed by atoms with Crippen LogP contribution >= 0.6 is 0 Å². The van der Waals surface area contributed by atoms with Crippen molar-refractivity contribution in [1.82, 2.24) is 10.3 Å². The van der Waals surface area contributed by atoms with Gasteiger partial charge in [0, 0.05) is 5.39 Å². The van der Waals surface area contributed by atoms with Crippen molar-refractivity contribution in [3.63, 3.8) is 0 Å². The molecule has 1 N–H and O–H groups in total. The van der Waals surface area contributed by atoms with Crippen molar-refractivity contribution in [2.75, 3.05) is 6.54 Å². The van der Waals surface area contributed by atoms with E-state index in [4.69, 9.17) is 8.83 Å². The van der Waals surface area contributed by atoms with Crippen LogP contribution in [-0.2, 0) is 0 Å². The molecule has 0 aliphatic rings.